The van der Waals surface area contributed by atoms with E-state index in [1.807, 2.05) is 0 Å². The summed E-state index contributed by atoms with van der Waals surface area (Å²) in [4.78, 5) is 59.0. The van der Waals surface area contributed by atoms with E-state index in [4.69, 9.17) is 39.6 Å². The number of anilines is 1. The first kappa shape index (κ1) is 33.5. The van der Waals surface area contributed by atoms with Crippen LogP contribution < -0.4 is 33.6 Å². The zero-order chi connectivity index (χ0) is 28.4. The Kier molecular flexibility index (Phi) is 13.5. The molecule has 0 saturated carbocycles. The van der Waals surface area contributed by atoms with Crippen LogP contribution in [0.5, 0.6) is 5.75 Å². The van der Waals surface area contributed by atoms with Crippen molar-refractivity contribution in [3.8, 4) is 5.75 Å². The van der Waals surface area contributed by atoms with Crippen LogP contribution in [0.25, 0.3) is 0 Å². The first-order chi connectivity index (χ1) is 17.8. The average Bonchev–Trinajstić information content (AvgIpc) is 2.80. The highest BCUT2D eigenvalue weighted by molar-refractivity contribution is 8.14. The summed E-state index contributed by atoms with van der Waals surface area (Å²) in [6.07, 6.45) is -6.55. The molecule has 1 heterocycles. The Balaban J connectivity index is 0.00000760. The van der Waals surface area contributed by atoms with Gasteiger partial charge in [-0.3, -0.25) is 35.1 Å². The Morgan fingerprint density at radius 1 is 0.897 bits per heavy atom. The maximum absolute atomic E-state index is 12.0. The van der Waals surface area contributed by atoms with Gasteiger partial charge in [-0.05, 0) is 36.0 Å². The van der Waals surface area contributed by atoms with E-state index in [1.54, 1.807) is 12.1 Å². The highest BCUT2D eigenvalue weighted by atomic mass is 35.5. The van der Waals surface area contributed by atoms with Crippen LogP contribution in [0.1, 0.15) is 27.7 Å². The molecule has 1 saturated heterocycles. The van der Waals surface area contributed by atoms with E-state index in [-0.39, 0.29) is 41.6 Å². The van der Waals surface area contributed by atoms with Crippen molar-refractivity contribution in [2.24, 2.45) is 5.73 Å². The number of thioether (sulfide) groups is 1. The number of benzene rings is 1. The van der Waals surface area contributed by atoms with E-state index in [1.165, 1.54) is 19.1 Å². The summed E-state index contributed by atoms with van der Waals surface area (Å²) >= 11 is 0.983. The molecule has 0 spiro atoms. The van der Waals surface area contributed by atoms with Gasteiger partial charge >= 0.3 is 23.9 Å². The Morgan fingerprint density at radius 2 is 1.44 bits per heavy atom. The molecular weight excluding hydrogens is 562 g/mol. The van der Waals surface area contributed by atoms with Gasteiger partial charge in [0.05, 0.1) is 5.75 Å². The Bertz CT molecular complexity index is 1060. The second-order valence-electron chi connectivity index (χ2n) is 7.95. The summed E-state index contributed by atoms with van der Waals surface area (Å²) in [5.41, 5.74) is 5.78. The van der Waals surface area contributed by atoms with E-state index >= 15 is 0 Å². The zero-order valence-electron chi connectivity index (χ0n) is 21.5. The number of halogens is 1. The molecule has 0 bridgehead atoms. The molecule has 1 aromatic carbocycles. The number of ether oxygens (including phenoxy) is 6. The Hall–Kier alpha value is -3.56. The van der Waals surface area contributed by atoms with Crippen LogP contribution in [0.2, 0.25) is 0 Å². The molecule has 0 unspecified atom stereocenters. The van der Waals surface area contributed by atoms with Crippen LogP contribution >= 0.6 is 11.8 Å². The molecule has 1 aliphatic rings. The molecule has 1 aliphatic heterocycles. The van der Waals surface area contributed by atoms with Crippen LogP contribution in [0.3, 0.4) is 0 Å². The van der Waals surface area contributed by atoms with E-state index in [0.717, 1.165) is 32.5 Å². The van der Waals surface area contributed by atoms with Gasteiger partial charge in [-0.25, -0.2) is 0 Å². The summed E-state index contributed by atoms with van der Waals surface area (Å²) in [6.45, 7) is 4.16. The molecule has 2 rings (SSSR count). The number of amidine groups is 1. The molecule has 0 radical (unpaired) electrons. The molecule has 216 valence electrons. The highest BCUT2D eigenvalue weighted by Crippen LogP contribution is 2.31. The van der Waals surface area contributed by atoms with Crippen molar-refractivity contribution in [2.45, 2.75) is 58.4 Å². The lowest BCUT2D eigenvalue weighted by Crippen LogP contribution is -3.00. The first-order valence-electron chi connectivity index (χ1n) is 11.2. The number of nitrogens with one attached hydrogen (secondary N) is 1. The fraction of sp³-hybridized carbons (Fsp3) is 0.478. The minimum atomic E-state index is -1.38. The largest absolute Gasteiger partial charge is 1.00 e. The summed E-state index contributed by atoms with van der Waals surface area (Å²) in [5, 5.41) is 8.06. The molecule has 1 amide bonds. The van der Waals surface area contributed by atoms with Crippen molar-refractivity contribution in [3.63, 3.8) is 0 Å². The molecule has 16 heteroatoms. The second-order valence-corrected chi connectivity index (χ2v) is 9.00. The highest BCUT2D eigenvalue weighted by Gasteiger charge is 2.53. The fourth-order valence-corrected chi connectivity index (χ4v) is 3.75. The second kappa shape index (κ2) is 15.8. The van der Waals surface area contributed by atoms with Gasteiger partial charge in [0.15, 0.2) is 12.2 Å². The molecule has 0 aliphatic carbocycles. The molecule has 1 aromatic rings. The third-order valence-corrected chi connectivity index (χ3v) is 5.45. The maximum atomic E-state index is 12.0. The molecule has 39 heavy (non-hydrogen) atoms. The lowest BCUT2D eigenvalue weighted by Gasteiger charge is -2.43. The number of carbonyl (C=O) groups is 5. The zero-order valence-corrected chi connectivity index (χ0v) is 23.1. The minimum Gasteiger partial charge on any atom is -1.00 e. The first-order valence-corrected chi connectivity index (χ1v) is 12.2. The van der Waals surface area contributed by atoms with Crippen LogP contribution in [0.4, 0.5) is 5.69 Å². The lowest BCUT2D eigenvalue weighted by atomic mass is 9.98. The van der Waals surface area contributed by atoms with Gasteiger partial charge in [-0.1, -0.05) is 0 Å². The third-order valence-electron chi connectivity index (χ3n) is 4.71. The number of hydrogen-bond acceptors (Lipinski definition) is 12. The van der Waals surface area contributed by atoms with Crippen molar-refractivity contribution in [1.82, 2.24) is 0 Å². The van der Waals surface area contributed by atoms with Crippen molar-refractivity contribution in [2.75, 3.05) is 17.7 Å². The monoisotopic (exact) mass is 591 g/mol. The molecule has 5 N–H and O–H groups in total. The lowest BCUT2D eigenvalue weighted by molar-refractivity contribution is -0.288. The maximum Gasteiger partial charge on any atom is 0.303 e. The summed E-state index contributed by atoms with van der Waals surface area (Å²) < 4.78 is 32.8. The van der Waals surface area contributed by atoms with Gasteiger partial charge in [0.2, 0.25) is 18.3 Å². The molecule has 14 nitrogen and oxygen atoms in total. The van der Waals surface area contributed by atoms with Gasteiger partial charge < -0.3 is 46.1 Å². The van der Waals surface area contributed by atoms with Gasteiger partial charge in [0.1, 0.15) is 18.5 Å². The predicted octanol–water partition coefficient (Wildman–Crippen LogP) is -4.10. The number of amides is 1. The van der Waals surface area contributed by atoms with Crippen molar-refractivity contribution in [1.29, 1.82) is 0 Å². The van der Waals surface area contributed by atoms with Crippen LogP contribution in [0, 0.1) is 0 Å². The summed E-state index contributed by atoms with van der Waals surface area (Å²) in [6, 6.07) is 6.08. The number of esters is 4. The van der Waals surface area contributed by atoms with Gasteiger partial charge in [0.25, 0.3) is 5.17 Å². The molecule has 5 atom stereocenters. The van der Waals surface area contributed by atoms with E-state index in [9.17, 15) is 24.0 Å². The molecule has 1 fully saturated rings. The number of carbonyl (C=O) groups excluding carboxylic acids is 5. The number of rotatable bonds is 10. The number of nitrogens with two attached hydrogens (primary N) is 2. The summed E-state index contributed by atoms with van der Waals surface area (Å²) in [5.74, 6) is -2.99. The van der Waals surface area contributed by atoms with E-state index < -0.39 is 54.6 Å². The van der Waals surface area contributed by atoms with Crippen molar-refractivity contribution < 1.29 is 70.2 Å². The van der Waals surface area contributed by atoms with Crippen molar-refractivity contribution >= 4 is 52.4 Å². The van der Waals surface area contributed by atoms with Crippen LogP contribution in [-0.4, -0.2) is 78.0 Å². The Labute approximate surface area is 234 Å². The van der Waals surface area contributed by atoms with Gasteiger partial charge in [-0.2, -0.15) is 0 Å². The third kappa shape index (κ3) is 11.4. The SMILES string of the molecule is CC(=O)OC[C@H]1O[C@H](Oc2ccc(NC(=O)CSC(N)=[NH2+])cc2)[C@@H](OC(C)=O)[C@@H](OC(C)=O)[C@@H]1OC(C)=O.[Cl-]. The smallest absolute Gasteiger partial charge is 0.303 e. The summed E-state index contributed by atoms with van der Waals surface area (Å²) in [7, 11) is 0. The van der Waals surface area contributed by atoms with E-state index in [0.29, 0.717) is 5.69 Å². The quantitative estimate of drug-likeness (QED) is 0.103. The van der Waals surface area contributed by atoms with Crippen LogP contribution in [-0.2, 0) is 47.7 Å². The van der Waals surface area contributed by atoms with Gasteiger partial charge in [0, 0.05) is 33.4 Å². The van der Waals surface area contributed by atoms with Crippen molar-refractivity contribution in [3.05, 3.63) is 24.3 Å². The van der Waals surface area contributed by atoms with Crippen LogP contribution in [0.15, 0.2) is 24.3 Å². The molecular formula is C23H30ClN3O11S. The minimum absolute atomic E-state index is 0. The topological polar surface area (TPSA) is 204 Å². The van der Waals surface area contributed by atoms with Gasteiger partial charge in [-0.15, -0.1) is 0 Å². The Morgan fingerprint density at radius 3 is 1.95 bits per heavy atom. The molecule has 0 aromatic heterocycles. The standard InChI is InChI=1S/C23H29N3O11S.ClH/c1-11(27)32-9-17-19(33-12(2)28)20(34-13(3)29)21(35-14(4)30)22(37-17)36-16-7-5-15(6-8-16)26-18(31)10-38-23(24)25;/h5-8,17,19-22H,9-10H2,1-4H3,(H3,24,25)(H,26,31);1H/t17-,19-,20+,21+,22+;/m1./s1. The average molecular weight is 592 g/mol. The predicted molar refractivity (Wildman–Crippen MR) is 131 cm³/mol. The number of hydrogen-bond donors (Lipinski definition) is 3. The fourth-order valence-electron chi connectivity index (χ4n) is 3.38. The normalized spacial score (nSPS) is 21.8. The van der Waals surface area contributed by atoms with E-state index in [2.05, 4.69) is 5.32 Å².